The minimum Gasteiger partial charge on any atom is -0.624 e. The average Bonchev–Trinajstić information content (AvgIpc) is 2.41. The van der Waals surface area contributed by atoms with Crippen molar-refractivity contribution in [2.75, 3.05) is 0 Å². The first kappa shape index (κ1) is 12.4. The van der Waals surface area contributed by atoms with E-state index in [9.17, 15) is 5.21 Å². The van der Waals surface area contributed by atoms with Gasteiger partial charge in [0.15, 0.2) is 12.3 Å². The Hall–Kier alpha value is -1.05. The smallest absolute Gasteiger partial charge is 0.174 e. The minimum atomic E-state index is 0.230. The molecule has 2 aliphatic carbocycles. The van der Waals surface area contributed by atoms with Gasteiger partial charge in [-0.15, -0.1) is 0 Å². The van der Waals surface area contributed by atoms with Gasteiger partial charge >= 0.3 is 0 Å². The number of nitrogens with zero attached hydrogens (tertiary/aromatic N) is 1. The van der Waals surface area contributed by atoms with E-state index in [4.69, 9.17) is 0 Å². The van der Waals surface area contributed by atoms with Gasteiger partial charge in [-0.05, 0) is 38.5 Å². The molecular formula is C15H23NO. The Balaban J connectivity index is 1.85. The van der Waals surface area contributed by atoms with E-state index in [2.05, 4.69) is 12.2 Å². The van der Waals surface area contributed by atoms with Crippen LogP contribution in [0.1, 0.15) is 57.8 Å². The molecule has 0 N–H and O–H groups in total. The van der Waals surface area contributed by atoms with Crippen LogP contribution in [0.4, 0.5) is 0 Å². The molecule has 1 fully saturated rings. The Labute approximate surface area is 104 Å². The molecule has 94 valence electrons. The van der Waals surface area contributed by atoms with Gasteiger partial charge in [-0.25, -0.2) is 4.74 Å². The molecule has 0 unspecified atom stereocenters. The van der Waals surface area contributed by atoms with Crippen LogP contribution in [0.2, 0.25) is 0 Å². The summed E-state index contributed by atoms with van der Waals surface area (Å²) in [6, 6.07) is 0.230. The average molecular weight is 233 g/mol. The molecule has 0 aromatic heterocycles. The highest BCUT2D eigenvalue weighted by Crippen LogP contribution is 2.20. The van der Waals surface area contributed by atoms with Gasteiger partial charge in [0.25, 0.3) is 0 Å². The highest BCUT2D eigenvalue weighted by atomic mass is 16.5. The number of hydrogen-bond acceptors (Lipinski definition) is 1. The first-order valence-corrected chi connectivity index (χ1v) is 7.02. The molecule has 2 aliphatic rings. The summed E-state index contributed by atoms with van der Waals surface area (Å²) < 4.78 is 1.17. The topological polar surface area (TPSA) is 26.1 Å². The second kappa shape index (κ2) is 6.63. The molecule has 0 aromatic rings. The maximum absolute atomic E-state index is 11.8. The van der Waals surface area contributed by atoms with E-state index in [1.807, 2.05) is 6.08 Å². The van der Waals surface area contributed by atoms with Crippen molar-refractivity contribution >= 4 is 6.21 Å². The molecule has 0 saturated heterocycles. The summed E-state index contributed by atoms with van der Waals surface area (Å²) >= 11 is 0. The molecule has 0 aromatic carbocycles. The SMILES string of the molecule is [O-]/[N+](=C\C=C\C1=CCCCC1)C1CCCCC1. The van der Waals surface area contributed by atoms with Gasteiger partial charge in [-0.2, -0.15) is 0 Å². The fraction of sp³-hybridized carbons (Fsp3) is 0.667. The third-order valence-electron chi connectivity index (χ3n) is 3.80. The van der Waals surface area contributed by atoms with Crippen LogP contribution in [0.5, 0.6) is 0 Å². The molecule has 0 spiro atoms. The summed E-state index contributed by atoms with van der Waals surface area (Å²) in [5.41, 5.74) is 1.39. The van der Waals surface area contributed by atoms with E-state index in [1.165, 1.54) is 55.3 Å². The van der Waals surface area contributed by atoms with E-state index < -0.39 is 0 Å². The van der Waals surface area contributed by atoms with Crippen LogP contribution in [0.25, 0.3) is 0 Å². The van der Waals surface area contributed by atoms with Gasteiger partial charge in [0.1, 0.15) is 0 Å². The molecule has 0 atom stereocenters. The predicted molar refractivity (Wildman–Crippen MR) is 72.3 cm³/mol. The Morgan fingerprint density at radius 3 is 2.65 bits per heavy atom. The van der Waals surface area contributed by atoms with Crippen LogP contribution in [-0.4, -0.2) is 17.0 Å². The molecule has 2 heteroatoms. The standard InChI is InChI=1S/C15H23NO/c17-16(15-11-5-2-6-12-15)13-7-10-14-8-3-1-4-9-14/h7-8,10,13,15H,1-6,9,11-12H2/b10-7+,16-13-. The zero-order chi connectivity index (χ0) is 11.9. The Bertz CT molecular complexity index is 322. The van der Waals surface area contributed by atoms with Crippen molar-refractivity contribution in [3.05, 3.63) is 29.0 Å². The molecule has 0 bridgehead atoms. The fourth-order valence-corrected chi connectivity index (χ4v) is 2.72. The predicted octanol–water partition coefficient (Wildman–Crippen LogP) is 3.96. The molecule has 0 amide bonds. The largest absolute Gasteiger partial charge is 0.624 e. The van der Waals surface area contributed by atoms with Crippen molar-refractivity contribution in [2.24, 2.45) is 0 Å². The fourth-order valence-electron chi connectivity index (χ4n) is 2.72. The summed E-state index contributed by atoms with van der Waals surface area (Å²) in [5, 5.41) is 11.8. The summed E-state index contributed by atoms with van der Waals surface area (Å²) in [4.78, 5) is 0. The van der Waals surface area contributed by atoms with Crippen LogP contribution < -0.4 is 0 Å². The van der Waals surface area contributed by atoms with Gasteiger partial charge in [-0.3, -0.25) is 0 Å². The van der Waals surface area contributed by atoms with Crippen LogP contribution in [0, 0.1) is 5.21 Å². The van der Waals surface area contributed by atoms with Gasteiger partial charge in [-0.1, -0.05) is 24.1 Å². The highest BCUT2D eigenvalue weighted by Gasteiger charge is 2.18. The Kier molecular flexibility index (Phi) is 4.84. The monoisotopic (exact) mass is 233 g/mol. The lowest BCUT2D eigenvalue weighted by molar-refractivity contribution is -0.500. The number of rotatable bonds is 3. The molecule has 0 radical (unpaired) electrons. The normalized spacial score (nSPS) is 24.0. The molecule has 2 nitrogen and oxygen atoms in total. The van der Waals surface area contributed by atoms with Crippen molar-refractivity contribution < 1.29 is 4.74 Å². The summed E-state index contributed by atoms with van der Waals surface area (Å²) in [6.45, 7) is 0. The van der Waals surface area contributed by atoms with Gasteiger partial charge in [0.2, 0.25) is 0 Å². The van der Waals surface area contributed by atoms with E-state index in [1.54, 1.807) is 6.21 Å². The van der Waals surface area contributed by atoms with Gasteiger partial charge < -0.3 is 5.21 Å². The van der Waals surface area contributed by atoms with Crippen molar-refractivity contribution in [1.82, 2.24) is 0 Å². The number of allylic oxidation sites excluding steroid dienone is 4. The lowest BCUT2D eigenvalue weighted by atomic mass is 9.96. The molecule has 17 heavy (non-hydrogen) atoms. The van der Waals surface area contributed by atoms with Crippen LogP contribution in [-0.2, 0) is 0 Å². The maximum atomic E-state index is 11.8. The van der Waals surface area contributed by atoms with Crippen molar-refractivity contribution in [3.8, 4) is 0 Å². The summed E-state index contributed by atoms with van der Waals surface area (Å²) in [6.07, 6.45) is 18.9. The van der Waals surface area contributed by atoms with Crippen LogP contribution >= 0.6 is 0 Å². The van der Waals surface area contributed by atoms with Gasteiger partial charge in [0.05, 0.1) is 0 Å². The van der Waals surface area contributed by atoms with E-state index in [0.29, 0.717) is 0 Å². The first-order chi connectivity index (χ1) is 8.36. The minimum absolute atomic E-state index is 0.230. The summed E-state index contributed by atoms with van der Waals surface area (Å²) in [7, 11) is 0. The molecule has 0 heterocycles. The van der Waals surface area contributed by atoms with Crippen LogP contribution in [0.3, 0.4) is 0 Å². The highest BCUT2D eigenvalue weighted by molar-refractivity contribution is 5.67. The second-order valence-electron chi connectivity index (χ2n) is 5.18. The maximum Gasteiger partial charge on any atom is 0.174 e. The third kappa shape index (κ3) is 4.03. The lowest BCUT2D eigenvalue weighted by Gasteiger charge is -2.20. The first-order valence-electron chi connectivity index (χ1n) is 7.02. The molecule has 0 aliphatic heterocycles. The summed E-state index contributed by atoms with van der Waals surface area (Å²) in [5.74, 6) is 0. The molecular weight excluding hydrogens is 210 g/mol. The van der Waals surface area contributed by atoms with E-state index in [-0.39, 0.29) is 6.04 Å². The van der Waals surface area contributed by atoms with Crippen LogP contribution in [0.15, 0.2) is 23.8 Å². The third-order valence-corrected chi connectivity index (χ3v) is 3.80. The lowest BCUT2D eigenvalue weighted by Crippen LogP contribution is -2.24. The van der Waals surface area contributed by atoms with Crippen molar-refractivity contribution in [1.29, 1.82) is 0 Å². The number of hydroxylamine groups is 1. The van der Waals surface area contributed by atoms with E-state index in [0.717, 1.165) is 12.8 Å². The quantitative estimate of drug-likeness (QED) is 0.313. The Morgan fingerprint density at radius 1 is 1.12 bits per heavy atom. The number of hydrogen-bond donors (Lipinski definition) is 0. The zero-order valence-corrected chi connectivity index (χ0v) is 10.6. The second-order valence-corrected chi connectivity index (χ2v) is 5.18. The molecule has 2 rings (SSSR count). The molecule has 1 saturated carbocycles. The zero-order valence-electron chi connectivity index (χ0n) is 10.6. The van der Waals surface area contributed by atoms with Crippen molar-refractivity contribution in [2.45, 2.75) is 63.8 Å². The Morgan fingerprint density at radius 2 is 1.94 bits per heavy atom. The van der Waals surface area contributed by atoms with Gasteiger partial charge in [0, 0.05) is 18.9 Å². The van der Waals surface area contributed by atoms with E-state index >= 15 is 0 Å². The van der Waals surface area contributed by atoms with Crippen molar-refractivity contribution in [3.63, 3.8) is 0 Å².